The van der Waals surface area contributed by atoms with E-state index in [2.05, 4.69) is 14.9 Å². The van der Waals surface area contributed by atoms with Crippen molar-refractivity contribution in [2.45, 2.75) is 12.8 Å². The van der Waals surface area contributed by atoms with E-state index in [4.69, 9.17) is 11.6 Å². The molecule has 7 nitrogen and oxygen atoms in total. The van der Waals surface area contributed by atoms with E-state index in [0.717, 1.165) is 36.6 Å². The fourth-order valence-electron chi connectivity index (χ4n) is 4.05. The molecule has 1 aromatic carbocycles. The lowest BCUT2D eigenvalue weighted by atomic mass is 9.96. The first kappa shape index (κ1) is 19.6. The molecular weight excluding hydrogens is 390 g/mol. The monoisotopic (exact) mass is 413 g/mol. The third-order valence-corrected chi connectivity index (χ3v) is 5.84. The first-order chi connectivity index (χ1) is 14.1. The van der Waals surface area contributed by atoms with Crippen LogP contribution < -0.4 is 4.90 Å². The third kappa shape index (κ3) is 4.50. The van der Waals surface area contributed by atoms with Gasteiger partial charge in [0.25, 0.3) is 5.91 Å². The number of anilines is 1. The number of aromatic nitrogens is 2. The maximum Gasteiger partial charge on any atom is 0.274 e. The highest BCUT2D eigenvalue weighted by atomic mass is 35.5. The van der Waals surface area contributed by atoms with Crippen LogP contribution >= 0.6 is 11.6 Å². The summed E-state index contributed by atoms with van der Waals surface area (Å²) < 4.78 is 0. The average molecular weight is 414 g/mol. The summed E-state index contributed by atoms with van der Waals surface area (Å²) in [7, 11) is 0. The van der Waals surface area contributed by atoms with Crippen LogP contribution in [0.25, 0.3) is 0 Å². The number of carbonyl (C=O) groups excluding carboxylic acids is 2. The molecular formula is C21H24ClN5O2. The van der Waals surface area contributed by atoms with Crippen LogP contribution in [0.5, 0.6) is 0 Å². The Kier molecular flexibility index (Phi) is 5.94. The number of piperazine rings is 1. The first-order valence-electron chi connectivity index (χ1n) is 9.96. The largest absolute Gasteiger partial charge is 0.368 e. The van der Waals surface area contributed by atoms with Gasteiger partial charge in [-0.1, -0.05) is 17.7 Å². The standard InChI is InChI=1S/C21H24ClN5O2/c22-17-4-1-5-18(13-17)25-9-11-26(12-10-25)20(28)16-3-2-8-27(15-16)21(29)19-14-23-6-7-24-19/h1,4-7,13-14,16H,2-3,8-12,15H2. The molecule has 0 radical (unpaired) electrons. The second-order valence-electron chi connectivity index (χ2n) is 7.47. The lowest BCUT2D eigenvalue weighted by Gasteiger charge is -2.39. The summed E-state index contributed by atoms with van der Waals surface area (Å²) in [5, 5.41) is 0.719. The predicted molar refractivity (Wildman–Crippen MR) is 111 cm³/mol. The number of hydrogen-bond acceptors (Lipinski definition) is 5. The van der Waals surface area contributed by atoms with Crippen molar-refractivity contribution in [3.8, 4) is 0 Å². The number of piperidine rings is 1. The van der Waals surface area contributed by atoms with Gasteiger partial charge in [-0.05, 0) is 31.0 Å². The van der Waals surface area contributed by atoms with Crippen molar-refractivity contribution >= 4 is 29.1 Å². The van der Waals surface area contributed by atoms with Gasteiger partial charge in [-0.3, -0.25) is 14.6 Å². The molecule has 1 atom stereocenters. The molecule has 0 bridgehead atoms. The van der Waals surface area contributed by atoms with Crippen molar-refractivity contribution in [2.75, 3.05) is 44.2 Å². The minimum absolute atomic E-state index is 0.146. The van der Waals surface area contributed by atoms with Gasteiger partial charge in [0.05, 0.1) is 12.1 Å². The van der Waals surface area contributed by atoms with Gasteiger partial charge in [0.2, 0.25) is 5.91 Å². The molecule has 0 N–H and O–H groups in total. The zero-order valence-corrected chi connectivity index (χ0v) is 17.0. The van der Waals surface area contributed by atoms with E-state index in [1.165, 1.54) is 12.4 Å². The molecule has 2 saturated heterocycles. The van der Waals surface area contributed by atoms with Crippen LogP contribution in [0.4, 0.5) is 5.69 Å². The molecule has 1 unspecified atom stereocenters. The summed E-state index contributed by atoms with van der Waals surface area (Å²) in [6.07, 6.45) is 6.17. The third-order valence-electron chi connectivity index (χ3n) is 5.60. The lowest BCUT2D eigenvalue weighted by molar-refractivity contribution is -0.137. The van der Waals surface area contributed by atoms with Crippen LogP contribution in [-0.2, 0) is 4.79 Å². The highest BCUT2D eigenvalue weighted by Gasteiger charge is 2.33. The van der Waals surface area contributed by atoms with E-state index in [9.17, 15) is 9.59 Å². The molecule has 152 valence electrons. The Morgan fingerprint density at radius 3 is 2.59 bits per heavy atom. The molecule has 29 heavy (non-hydrogen) atoms. The van der Waals surface area contributed by atoms with Gasteiger partial charge in [0.1, 0.15) is 5.69 Å². The predicted octanol–water partition coefficient (Wildman–Crippen LogP) is 2.33. The summed E-state index contributed by atoms with van der Waals surface area (Å²) >= 11 is 6.10. The molecule has 2 aliphatic heterocycles. The molecule has 8 heteroatoms. The second-order valence-corrected chi connectivity index (χ2v) is 7.91. The van der Waals surface area contributed by atoms with Crippen LogP contribution in [-0.4, -0.2) is 70.9 Å². The van der Waals surface area contributed by atoms with E-state index in [1.54, 1.807) is 11.1 Å². The van der Waals surface area contributed by atoms with Crippen molar-refractivity contribution in [2.24, 2.45) is 5.92 Å². The highest BCUT2D eigenvalue weighted by molar-refractivity contribution is 6.30. The summed E-state index contributed by atoms with van der Waals surface area (Å²) in [6.45, 7) is 4.02. The Hall–Kier alpha value is -2.67. The number of rotatable bonds is 3. The van der Waals surface area contributed by atoms with Crippen molar-refractivity contribution in [1.82, 2.24) is 19.8 Å². The van der Waals surface area contributed by atoms with Crippen LogP contribution in [0.2, 0.25) is 5.02 Å². The molecule has 2 fully saturated rings. The number of carbonyl (C=O) groups is 2. The van der Waals surface area contributed by atoms with Crippen molar-refractivity contribution < 1.29 is 9.59 Å². The zero-order valence-electron chi connectivity index (χ0n) is 16.2. The number of amides is 2. The zero-order chi connectivity index (χ0) is 20.2. The summed E-state index contributed by atoms with van der Waals surface area (Å²) in [5.74, 6) is -0.157. The minimum Gasteiger partial charge on any atom is -0.368 e. The van der Waals surface area contributed by atoms with E-state index in [0.29, 0.717) is 31.9 Å². The molecule has 2 aliphatic rings. The van der Waals surface area contributed by atoms with Gasteiger partial charge < -0.3 is 14.7 Å². The van der Waals surface area contributed by atoms with Gasteiger partial charge in [0.15, 0.2) is 0 Å². The van der Waals surface area contributed by atoms with Crippen LogP contribution in [0, 0.1) is 5.92 Å². The molecule has 2 amide bonds. The fraction of sp³-hybridized carbons (Fsp3) is 0.429. The van der Waals surface area contributed by atoms with Gasteiger partial charge >= 0.3 is 0 Å². The molecule has 1 aromatic heterocycles. The fourth-order valence-corrected chi connectivity index (χ4v) is 4.24. The van der Waals surface area contributed by atoms with Crippen molar-refractivity contribution in [3.63, 3.8) is 0 Å². The summed E-state index contributed by atoms with van der Waals surface area (Å²) in [5.41, 5.74) is 1.42. The maximum atomic E-state index is 13.1. The number of likely N-dealkylation sites (tertiary alicyclic amines) is 1. The van der Waals surface area contributed by atoms with E-state index in [-0.39, 0.29) is 17.7 Å². The minimum atomic E-state index is -0.152. The average Bonchev–Trinajstić information content (AvgIpc) is 2.79. The normalized spacial score (nSPS) is 19.9. The Morgan fingerprint density at radius 1 is 1.03 bits per heavy atom. The SMILES string of the molecule is O=C(c1cnccn1)N1CCCC(C(=O)N2CCN(c3cccc(Cl)c3)CC2)C1. The number of halogens is 1. The van der Waals surface area contributed by atoms with Gasteiger partial charge in [-0.15, -0.1) is 0 Å². The Balaban J connectivity index is 1.34. The van der Waals surface area contributed by atoms with Crippen LogP contribution in [0.3, 0.4) is 0 Å². The number of hydrogen-bond donors (Lipinski definition) is 0. The molecule has 2 aromatic rings. The Bertz CT molecular complexity index is 870. The van der Waals surface area contributed by atoms with E-state index < -0.39 is 0 Å². The van der Waals surface area contributed by atoms with Gasteiger partial charge in [-0.2, -0.15) is 0 Å². The number of benzene rings is 1. The van der Waals surface area contributed by atoms with Gasteiger partial charge in [0, 0.05) is 62.4 Å². The van der Waals surface area contributed by atoms with Crippen molar-refractivity contribution in [3.05, 3.63) is 53.6 Å². The summed E-state index contributed by atoms with van der Waals surface area (Å²) in [4.78, 5) is 39.7. The summed E-state index contributed by atoms with van der Waals surface area (Å²) in [6, 6.07) is 7.80. The molecule has 0 saturated carbocycles. The maximum absolute atomic E-state index is 13.1. The first-order valence-corrected chi connectivity index (χ1v) is 10.3. The van der Waals surface area contributed by atoms with Gasteiger partial charge in [-0.25, -0.2) is 4.98 Å². The van der Waals surface area contributed by atoms with E-state index in [1.807, 2.05) is 29.2 Å². The Labute approximate surface area is 175 Å². The second kappa shape index (κ2) is 8.78. The quantitative estimate of drug-likeness (QED) is 0.772. The molecule has 4 rings (SSSR count). The van der Waals surface area contributed by atoms with Crippen molar-refractivity contribution in [1.29, 1.82) is 0 Å². The Morgan fingerprint density at radius 2 is 1.86 bits per heavy atom. The van der Waals surface area contributed by atoms with Crippen LogP contribution in [0.15, 0.2) is 42.9 Å². The van der Waals surface area contributed by atoms with E-state index >= 15 is 0 Å². The lowest BCUT2D eigenvalue weighted by Crippen LogP contribution is -2.53. The highest BCUT2D eigenvalue weighted by Crippen LogP contribution is 2.24. The molecule has 0 spiro atoms. The molecule has 3 heterocycles. The topological polar surface area (TPSA) is 69.6 Å². The number of nitrogens with zero attached hydrogens (tertiary/aromatic N) is 5. The van der Waals surface area contributed by atoms with Crippen LogP contribution in [0.1, 0.15) is 23.3 Å². The molecule has 0 aliphatic carbocycles. The smallest absolute Gasteiger partial charge is 0.274 e.